The summed E-state index contributed by atoms with van der Waals surface area (Å²) in [6.45, 7) is 0.219. The lowest BCUT2D eigenvalue weighted by Gasteiger charge is -2.44. The molecule has 2 aliphatic rings. The van der Waals surface area contributed by atoms with E-state index in [1.807, 2.05) is 36.4 Å². The highest BCUT2D eigenvalue weighted by Crippen LogP contribution is 2.46. The third kappa shape index (κ3) is 2.69. The molecule has 1 atom stereocenters. The molecule has 29 heavy (non-hydrogen) atoms. The van der Waals surface area contributed by atoms with Crippen LogP contribution in [0.5, 0.6) is 0 Å². The molecule has 7 heteroatoms. The Bertz CT molecular complexity index is 1160. The average molecular weight is 424 g/mol. The Labute approximate surface area is 177 Å². The van der Waals surface area contributed by atoms with E-state index in [2.05, 4.69) is 10.6 Å². The molecular weight excluding hydrogens is 409 g/mol. The van der Waals surface area contributed by atoms with Crippen LogP contribution in [-0.4, -0.2) is 16.7 Å². The van der Waals surface area contributed by atoms with Gasteiger partial charge in [0, 0.05) is 33.5 Å². The van der Waals surface area contributed by atoms with Gasteiger partial charge < -0.3 is 10.6 Å². The number of nitrogens with one attached hydrogen (secondary N) is 2. The second-order valence-electron chi connectivity index (χ2n) is 7.04. The first kappa shape index (κ1) is 18.0. The number of nitrogens with zero attached hydrogens (tertiary/aromatic N) is 1. The van der Waals surface area contributed by atoms with Crippen molar-refractivity contribution in [3.05, 3.63) is 93.5 Å². The van der Waals surface area contributed by atoms with Crippen molar-refractivity contribution in [1.82, 2.24) is 4.90 Å². The van der Waals surface area contributed by atoms with Crippen molar-refractivity contribution < 1.29 is 9.59 Å². The van der Waals surface area contributed by atoms with Crippen molar-refractivity contribution in [3.63, 3.8) is 0 Å². The summed E-state index contributed by atoms with van der Waals surface area (Å²) >= 11 is 12.1. The van der Waals surface area contributed by atoms with E-state index in [9.17, 15) is 9.59 Å². The average Bonchev–Trinajstić information content (AvgIpc) is 2.99. The van der Waals surface area contributed by atoms with Gasteiger partial charge in [0.1, 0.15) is 0 Å². The maximum absolute atomic E-state index is 13.6. The molecule has 2 heterocycles. The van der Waals surface area contributed by atoms with Crippen LogP contribution < -0.4 is 10.6 Å². The van der Waals surface area contributed by atoms with Gasteiger partial charge >= 0.3 is 0 Å². The summed E-state index contributed by atoms with van der Waals surface area (Å²) in [5, 5.41) is 7.29. The van der Waals surface area contributed by atoms with E-state index in [1.165, 1.54) is 0 Å². The molecule has 5 nitrogen and oxygen atoms in total. The smallest absolute Gasteiger partial charge is 0.276 e. The summed E-state index contributed by atoms with van der Waals surface area (Å²) in [5.41, 5.74) is 1.87. The number of para-hydroxylation sites is 1. The topological polar surface area (TPSA) is 61.4 Å². The predicted molar refractivity (Wildman–Crippen MR) is 113 cm³/mol. The van der Waals surface area contributed by atoms with Crippen LogP contribution in [0.25, 0.3) is 0 Å². The molecule has 2 N–H and O–H groups in total. The highest BCUT2D eigenvalue weighted by molar-refractivity contribution is 6.31. The highest BCUT2D eigenvalue weighted by atomic mass is 35.5. The van der Waals surface area contributed by atoms with Gasteiger partial charge in [-0.3, -0.25) is 14.5 Å². The molecule has 3 aromatic carbocycles. The molecule has 0 aliphatic carbocycles. The quantitative estimate of drug-likeness (QED) is 0.618. The van der Waals surface area contributed by atoms with Crippen LogP contribution in [0.3, 0.4) is 0 Å². The van der Waals surface area contributed by atoms with Crippen molar-refractivity contribution in [2.75, 3.05) is 10.6 Å². The molecule has 2 amide bonds. The van der Waals surface area contributed by atoms with Gasteiger partial charge in [-0.15, -0.1) is 0 Å². The first-order chi connectivity index (χ1) is 14.0. The highest BCUT2D eigenvalue weighted by Gasteiger charge is 2.56. The molecule has 0 bridgehead atoms. The predicted octanol–water partition coefficient (Wildman–Crippen LogP) is 4.87. The van der Waals surface area contributed by atoms with Crippen LogP contribution in [0.2, 0.25) is 10.0 Å². The zero-order valence-electron chi connectivity index (χ0n) is 15.1. The minimum atomic E-state index is -1.35. The Morgan fingerprint density at radius 2 is 1.59 bits per heavy atom. The molecule has 0 radical (unpaired) electrons. The second-order valence-corrected chi connectivity index (χ2v) is 7.92. The number of rotatable bonds is 2. The second kappa shape index (κ2) is 6.51. The van der Waals surface area contributed by atoms with Crippen molar-refractivity contribution in [2.24, 2.45) is 0 Å². The van der Waals surface area contributed by atoms with Gasteiger partial charge in [0.25, 0.3) is 11.8 Å². The Morgan fingerprint density at radius 1 is 0.862 bits per heavy atom. The summed E-state index contributed by atoms with van der Waals surface area (Å²) in [6.07, 6.45) is 0. The summed E-state index contributed by atoms with van der Waals surface area (Å²) in [6, 6.07) is 19.6. The Kier molecular flexibility index (Phi) is 4.05. The first-order valence-corrected chi connectivity index (χ1v) is 9.80. The van der Waals surface area contributed by atoms with E-state index in [1.54, 1.807) is 35.2 Å². The van der Waals surface area contributed by atoms with Gasteiger partial charge in [0.2, 0.25) is 5.66 Å². The number of anilines is 2. The van der Waals surface area contributed by atoms with Crippen LogP contribution in [0.1, 0.15) is 21.5 Å². The number of carbonyl (C=O) groups is 2. The maximum Gasteiger partial charge on any atom is 0.276 e. The zero-order valence-corrected chi connectivity index (χ0v) is 16.6. The molecule has 0 saturated carbocycles. The Hall–Kier alpha value is -3.02. The monoisotopic (exact) mass is 423 g/mol. The Balaban J connectivity index is 1.71. The summed E-state index contributed by atoms with van der Waals surface area (Å²) in [4.78, 5) is 28.4. The Morgan fingerprint density at radius 3 is 2.38 bits per heavy atom. The third-order valence-corrected chi connectivity index (χ3v) is 5.81. The lowest BCUT2D eigenvalue weighted by atomic mass is 9.92. The molecule has 1 spiro atoms. The van der Waals surface area contributed by atoms with Crippen LogP contribution in [0.15, 0.2) is 66.7 Å². The van der Waals surface area contributed by atoms with E-state index in [0.29, 0.717) is 32.5 Å². The van der Waals surface area contributed by atoms with Crippen molar-refractivity contribution >= 4 is 46.4 Å². The normalized spacial score (nSPS) is 19.6. The number of benzene rings is 3. The van der Waals surface area contributed by atoms with E-state index in [4.69, 9.17) is 23.2 Å². The number of amides is 2. The molecule has 0 aromatic heterocycles. The first-order valence-electron chi connectivity index (χ1n) is 9.04. The number of hydrogen-bond donors (Lipinski definition) is 2. The minimum Gasteiger partial charge on any atom is -0.350 e. The van der Waals surface area contributed by atoms with Gasteiger partial charge in [-0.25, -0.2) is 0 Å². The van der Waals surface area contributed by atoms with Crippen LogP contribution >= 0.6 is 23.2 Å². The fraction of sp³-hybridized carbons (Fsp3) is 0.0909. The fourth-order valence-electron chi connectivity index (χ4n) is 3.96. The standard InChI is InChI=1S/C22H15Cl2N3O2/c23-14-7-5-13(6-8-14)12-27-20(28)16-11-15(24)9-10-18(16)26-22(27)17-3-1-2-4-19(17)25-21(22)29/h1-11,26H,12H2,(H,25,29)/t22-/m1/s1. The van der Waals surface area contributed by atoms with E-state index >= 15 is 0 Å². The third-order valence-electron chi connectivity index (χ3n) is 5.33. The zero-order chi connectivity index (χ0) is 20.2. The molecule has 5 rings (SSSR count). The molecular formula is C22H15Cl2N3O2. The van der Waals surface area contributed by atoms with Gasteiger partial charge in [0.15, 0.2) is 0 Å². The van der Waals surface area contributed by atoms with E-state index in [-0.39, 0.29) is 18.4 Å². The lowest BCUT2D eigenvalue weighted by molar-refractivity contribution is -0.125. The van der Waals surface area contributed by atoms with Crippen molar-refractivity contribution in [3.8, 4) is 0 Å². The minimum absolute atomic E-state index is 0.219. The number of halogens is 2. The maximum atomic E-state index is 13.6. The largest absolute Gasteiger partial charge is 0.350 e. The van der Waals surface area contributed by atoms with E-state index in [0.717, 1.165) is 5.56 Å². The summed E-state index contributed by atoms with van der Waals surface area (Å²) in [7, 11) is 0. The molecule has 0 unspecified atom stereocenters. The summed E-state index contributed by atoms with van der Waals surface area (Å²) in [5.74, 6) is -0.579. The van der Waals surface area contributed by atoms with Crippen molar-refractivity contribution in [1.29, 1.82) is 0 Å². The van der Waals surface area contributed by atoms with Crippen LogP contribution in [0, 0.1) is 0 Å². The number of hydrogen-bond acceptors (Lipinski definition) is 3. The van der Waals surface area contributed by atoms with Gasteiger partial charge in [0.05, 0.1) is 5.56 Å². The van der Waals surface area contributed by atoms with Crippen LogP contribution in [-0.2, 0) is 17.0 Å². The molecule has 144 valence electrons. The molecule has 2 aliphatic heterocycles. The SMILES string of the molecule is O=C1c2cc(Cl)ccc2N[C@@]2(C(=O)Nc3ccccc32)N1Cc1ccc(Cl)cc1. The molecule has 3 aromatic rings. The van der Waals surface area contributed by atoms with Crippen molar-refractivity contribution in [2.45, 2.75) is 12.2 Å². The number of carbonyl (C=O) groups excluding carboxylic acids is 2. The number of fused-ring (bicyclic) bond motifs is 3. The molecule has 0 fully saturated rings. The van der Waals surface area contributed by atoms with E-state index < -0.39 is 5.66 Å². The summed E-state index contributed by atoms with van der Waals surface area (Å²) < 4.78 is 0. The van der Waals surface area contributed by atoms with Crippen LogP contribution in [0.4, 0.5) is 11.4 Å². The lowest BCUT2D eigenvalue weighted by Crippen LogP contribution is -2.60. The van der Waals surface area contributed by atoms with Gasteiger partial charge in [-0.2, -0.15) is 0 Å². The molecule has 0 saturated heterocycles. The van der Waals surface area contributed by atoms with Gasteiger partial charge in [-0.05, 0) is 42.0 Å². The fourth-order valence-corrected chi connectivity index (χ4v) is 4.26. The van der Waals surface area contributed by atoms with Gasteiger partial charge in [-0.1, -0.05) is 53.5 Å².